The summed E-state index contributed by atoms with van der Waals surface area (Å²) < 4.78 is 11.0. The fourth-order valence-corrected chi connectivity index (χ4v) is 3.92. The van der Waals surface area contributed by atoms with Gasteiger partial charge in [0.15, 0.2) is 0 Å². The second-order valence-electron chi connectivity index (χ2n) is 5.97. The molecule has 6 heteroatoms. The third kappa shape index (κ3) is 5.20. The van der Waals surface area contributed by atoms with E-state index in [4.69, 9.17) is 14.6 Å². The van der Waals surface area contributed by atoms with Crippen molar-refractivity contribution in [1.29, 1.82) is 0 Å². The zero-order valence-corrected chi connectivity index (χ0v) is 16.1. The predicted octanol–water partition coefficient (Wildman–Crippen LogP) is 4.14. The molecule has 0 amide bonds. The summed E-state index contributed by atoms with van der Waals surface area (Å²) >= 11 is 1.89. The molecule has 1 N–H and O–H groups in total. The Morgan fingerprint density at radius 2 is 2.00 bits per heavy atom. The molecule has 5 nitrogen and oxygen atoms in total. The van der Waals surface area contributed by atoms with E-state index in [1.165, 1.54) is 16.7 Å². The fraction of sp³-hybridized carbons (Fsp3) is 0.286. The number of carbonyl (C=O) groups is 1. The van der Waals surface area contributed by atoms with Crippen LogP contribution in [0, 0.1) is 0 Å². The molecule has 1 heterocycles. The number of rotatable bonds is 8. The Bertz CT molecular complexity index is 804. The van der Waals surface area contributed by atoms with E-state index >= 15 is 0 Å². The Hall–Kier alpha value is -2.60. The predicted molar refractivity (Wildman–Crippen MR) is 109 cm³/mol. The summed E-state index contributed by atoms with van der Waals surface area (Å²) in [6.07, 6.45) is 1.51. The van der Waals surface area contributed by atoms with Crippen LogP contribution in [-0.2, 0) is 9.53 Å². The molecule has 0 aliphatic carbocycles. The zero-order valence-electron chi connectivity index (χ0n) is 15.3. The van der Waals surface area contributed by atoms with Crippen molar-refractivity contribution in [3.63, 3.8) is 0 Å². The largest absolute Gasteiger partial charge is 0.492 e. The Kier molecular flexibility index (Phi) is 6.65. The lowest BCUT2D eigenvalue weighted by Gasteiger charge is -2.30. The topological polar surface area (TPSA) is 59.0 Å². The number of thioether (sulfide) groups is 1. The standard InChI is InChI=1S/C21H23NO4S/c1-2-25-19(21(23)24)15-16-7-9-17(10-8-16)26-13-11-22-12-14-27-20-6-4-3-5-18(20)22/h3-10,15H,2,11-14H2,1H3,(H,23,24)/b19-15-. The molecule has 0 saturated heterocycles. The molecule has 2 aromatic carbocycles. The second kappa shape index (κ2) is 9.37. The minimum absolute atomic E-state index is 0.0622. The molecule has 0 unspecified atom stereocenters. The van der Waals surface area contributed by atoms with E-state index in [0.29, 0.717) is 13.2 Å². The van der Waals surface area contributed by atoms with E-state index in [1.54, 1.807) is 6.92 Å². The summed E-state index contributed by atoms with van der Waals surface area (Å²) in [6, 6.07) is 15.8. The number of carboxylic acids is 1. The maximum absolute atomic E-state index is 11.1. The highest BCUT2D eigenvalue weighted by molar-refractivity contribution is 7.99. The van der Waals surface area contributed by atoms with E-state index in [9.17, 15) is 4.79 Å². The highest BCUT2D eigenvalue weighted by Crippen LogP contribution is 2.33. The molecule has 0 saturated carbocycles. The van der Waals surface area contributed by atoms with Gasteiger partial charge in [-0.3, -0.25) is 0 Å². The van der Waals surface area contributed by atoms with Crippen LogP contribution < -0.4 is 9.64 Å². The van der Waals surface area contributed by atoms with Crippen LogP contribution in [0.2, 0.25) is 0 Å². The van der Waals surface area contributed by atoms with Crippen molar-refractivity contribution in [2.75, 3.05) is 37.0 Å². The van der Waals surface area contributed by atoms with Crippen molar-refractivity contribution >= 4 is 29.5 Å². The number of nitrogens with zero attached hydrogens (tertiary/aromatic N) is 1. The first-order valence-corrected chi connectivity index (χ1v) is 9.93. The molecule has 1 aliphatic rings. The van der Waals surface area contributed by atoms with Gasteiger partial charge in [0.2, 0.25) is 5.76 Å². The Balaban J connectivity index is 1.55. The van der Waals surface area contributed by atoms with Gasteiger partial charge in [-0.1, -0.05) is 24.3 Å². The number of hydrogen-bond acceptors (Lipinski definition) is 5. The first-order valence-electron chi connectivity index (χ1n) is 8.95. The molecule has 0 atom stereocenters. The van der Waals surface area contributed by atoms with Crippen LogP contribution >= 0.6 is 11.8 Å². The van der Waals surface area contributed by atoms with Gasteiger partial charge in [0.1, 0.15) is 12.4 Å². The number of aliphatic carboxylic acids is 1. The minimum Gasteiger partial charge on any atom is -0.492 e. The van der Waals surface area contributed by atoms with E-state index in [0.717, 1.165) is 30.2 Å². The summed E-state index contributed by atoms with van der Waals surface area (Å²) in [4.78, 5) is 14.8. The lowest BCUT2D eigenvalue weighted by Crippen LogP contribution is -2.33. The number of benzene rings is 2. The summed E-state index contributed by atoms with van der Waals surface area (Å²) in [7, 11) is 0. The van der Waals surface area contributed by atoms with Crippen molar-refractivity contribution in [3.05, 3.63) is 59.9 Å². The van der Waals surface area contributed by atoms with Crippen LogP contribution in [0.3, 0.4) is 0 Å². The molecule has 0 bridgehead atoms. The van der Waals surface area contributed by atoms with Gasteiger partial charge in [0, 0.05) is 17.2 Å². The number of hydrogen-bond donors (Lipinski definition) is 1. The molecule has 142 valence electrons. The molecule has 3 rings (SSSR count). The van der Waals surface area contributed by atoms with Crippen molar-refractivity contribution in [2.24, 2.45) is 0 Å². The molecule has 0 spiro atoms. The van der Waals surface area contributed by atoms with Crippen LogP contribution in [0.5, 0.6) is 5.75 Å². The first kappa shape index (κ1) is 19.2. The van der Waals surface area contributed by atoms with Gasteiger partial charge in [-0.25, -0.2) is 4.79 Å². The number of carboxylic acid groups (broad SMARTS) is 1. The molecule has 0 radical (unpaired) electrons. The molecular weight excluding hydrogens is 362 g/mol. The summed E-state index contributed by atoms with van der Waals surface area (Å²) in [5.41, 5.74) is 2.03. The maximum atomic E-state index is 11.1. The summed E-state index contributed by atoms with van der Waals surface area (Å²) in [6.45, 7) is 4.51. The lowest BCUT2D eigenvalue weighted by molar-refractivity contribution is -0.136. The van der Waals surface area contributed by atoms with Crippen LogP contribution in [0.25, 0.3) is 6.08 Å². The van der Waals surface area contributed by atoms with E-state index in [-0.39, 0.29) is 5.76 Å². The Morgan fingerprint density at radius 3 is 2.74 bits per heavy atom. The van der Waals surface area contributed by atoms with Gasteiger partial charge in [-0.05, 0) is 42.8 Å². The van der Waals surface area contributed by atoms with Gasteiger partial charge in [-0.15, -0.1) is 11.8 Å². The molecule has 0 aromatic heterocycles. The average molecular weight is 385 g/mol. The molecular formula is C21H23NO4S. The third-order valence-electron chi connectivity index (χ3n) is 4.14. The van der Waals surface area contributed by atoms with Crippen LogP contribution in [0.1, 0.15) is 12.5 Å². The Labute approximate surface area is 163 Å². The van der Waals surface area contributed by atoms with Crippen molar-refractivity contribution in [3.8, 4) is 5.75 Å². The van der Waals surface area contributed by atoms with Crippen molar-refractivity contribution < 1.29 is 19.4 Å². The van der Waals surface area contributed by atoms with Crippen molar-refractivity contribution in [2.45, 2.75) is 11.8 Å². The number of anilines is 1. The van der Waals surface area contributed by atoms with Gasteiger partial charge >= 0.3 is 5.97 Å². The highest BCUT2D eigenvalue weighted by atomic mass is 32.2. The van der Waals surface area contributed by atoms with Gasteiger partial charge < -0.3 is 19.5 Å². The normalized spacial score (nSPS) is 13.8. The maximum Gasteiger partial charge on any atom is 0.371 e. The highest BCUT2D eigenvalue weighted by Gasteiger charge is 2.16. The van der Waals surface area contributed by atoms with Crippen LogP contribution in [0.4, 0.5) is 5.69 Å². The first-order chi connectivity index (χ1) is 13.2. The Morgan fingerprint density at radius 1 is 1.22 bits per heavy atom. The van der Waals surface area contributed by atoms with Crippen LogP contribution in [-0.4, -0.2) is 43.1 Å². The molecule has 1 aliphatic heterocycles. The van der Waals surface area contributed by atoms with Gasteiger partial charge in [-0.2, -0.15) is 0 Å². The zero-order chi connectivity index (χ0) is 19.1. The smallest absolute Gasteiger partial charge is 0.371 e. The SMILES string of the molecule is CCO/C(=C\c1ccc(OCCN2CCSc3ccccc32)cc1)C(=O)O. The van der Waals surface area contributed by atoms with Crippen LogP contribution in [0.15, 0.2) is 59.2 Å². The molecule has 0 fully saturated rings. The third-order valence-corrected chi connectivity index (χ3v) is 5.19. The quantitative estimate of drug-likeness (QED) is 0.544. The van der Waals surface area contributed by atoms with Gasteiger partial charge in [0.25, 0.3) is 0 Å². The summed E-state index contributed by atoms with van der Waals surface area (Å²) in [5.74, 6) is 0.717. The monoisotopic (exact) mass is 385 g/mol. The van der Waals surface area contributed by atoms with Crippen molar-refractivity contribution in [1.82, 2.24) is 0 Å². The lowest BCUT2D eigenvalue weighted by atomic mass is 10.2. The number of fused-ring (bicyclic) bond motifs is 1. The van der Waals surface area contributed by atoms with E-state index in [1.807, 2.05) is 36.0 Å². The average Bonchev–Trinajstić information content (AvgIpc) is 2.69. The second-order valence-corrected chi connectivity index (χ2v) is 7.10. The van der Waals surface area contributed by atoms with E-state index < -0.39 is 5.97 Å². The number of ether oxygens (including phenoxy) is 2. The summed E-state index contributed by atoms with van der Waals surface area (Å²) in [5, 5.41) is 9.11. The fourth-order valence-electron chi connectivity index (χ4n) is 2.86. The number of para-hydroxylation sites is 1. The van der Waals surface area contributed by atoms with E-state index in [2.05, 4.69) is 29.2 Å². The van der Waals surface area contributed by atoms with Gasteiger partial charge in [0.05, 0.1) is 18.8 Å². The molecule has 2 aromatic rings. The molecule has 27 heavy (non-hydrogen) atoms. The minimum atomic E-state index is -1.07.